The van der Waals surface area contributed by atoms with Crippen LogP contribution in [-0.2, 0) is 17.6 Å². The summed E-state index contributed by atoms with van der Waals surface area (Å²) in [5, 5.41) is -0.260. The second-order valence-electron chi connectivity index (χ2n) is 4.27. The summed E-state index contributed by atoms with van der Waals surface area (Å²) >= 11 is 5.31. The average Bonchev–Trinajstić information content (AvgIpc) is 2.14. The maximum Gasteiger partial charge on any atom is 0.221 e. The minimum atomic E-state index is -0.260. The molecule has 1 nitrogen and oxygen atoms in total. The normalized spacial score (nSPS) is 10.7. The van der Waals surface area contributed by atoms with Crippen LogP contribution in [0, 0.1) is 5.92 Å². The van der Waals surface area contributed by atoms with Crippen LogP contribution in [-0.4, -0.2) is 5.24 Å². The first kappa shape index (κ1) is 12.3. The monoisotopic (exact) mass is 224 g/mol. The Kier molecular flexibility index (Phi) is 4.83. The van der Waals surface area contributed by atoms with Gasteiger partial charge in [0.1, 0.15) is 0 Å². The summed E-state index contributed by atoms with van der Waals surface area (Å²) in [4.78, 5) is 10.6. The third-order valence-corrected chi connectivity index (χ3v) is 2.43. The lowest BCUT2D eigenvalue weighted by atomic mass is 9.99. The second-order valence-corrected chi connectivity index (χ2v) is 4.69. The summed E-state index contributed by atoms with van der Waals surface area (Å²) in [7, 11) is 0. The molecule has 1 aromatic carbocycles. The van der Waals surface area contributed by atoms with Crippen molar-refractivity contribution in [2.45, 2.75) is 33.1 Å². The van der Waals surface area contributed by atoms with Gasteiger partial charge in [0.15, 0.2) is 0 Å². The Labute approximate surface area is 96.5 Å². The molecule has 0 aromatic heterocycles. The lowest BCUT2D eigenvalue weighted by Gasteiger charge is -2.06. The van der Waals surface area contributed by atoms with Gasteiger partial charge < -0.3 is 0 Å². The predicted molar refractivity (Wildman–Crippen MR) is 64.2 cm³/mol. The molecule has 0 aliphatic carbocycles. The summed E-state index contributed by atoms with van der Waals surface area (Å²) in [5.41, 5.74) is 2.53. The molecule has 0 amide bonds. The number of hydrogen-bond acceptors (Lipinski definition) is 1. The van der Waals surface area contributed by atoms with Gasteiger partial charge in [0.25, 0.3) is 0 Å². The molecule has 15 heavy (non-hydrogen) atoms. The van der Waals surface area contributed by atoms with E-state index in [0.29, 0.717) is 12.3 Å². The first-order valence-corrected chi connectivity index (χ1v) is 5.72. The number of benzene rings is 1. The van der Waals surface area contributed by atoms with Crippen LogP contribution in [0.25, 0.3) is 0 Å². The highest BCUT2D eigenvalue weighted by atomic mass is 35.5. The van der Waals surface area contributed by atoms with E-state index in [2.05, 4.69) is 26.0 Å². The van der Waals surface area contributed by atoms with Crippen molar-refractivity contribution < 1.29 is 4.79 Å². The van der Waals surface area contributed by atoms with Crippen molar-refractivity contribution in [2.24, 2.45) is 5.92 Å². The maximum absolute atomic E-state index is 10.6. The number of carbonyl (C=O) groups is 1. The summed E-state index contributed by atoms with van der Waals surface area (Å²) in [5.74, 6) is 0.662. The van der Waals surface area contributed by atoms with Crippen LogP contribution >= 0.6 is 11.6 Å². The van der Waals surface area contributed by atoms with Gasteiger partial charge in [-0.15, -0.1) is 0 Å². The number of rotatable bonds is 5. The number of aryl methyl sites for hydroxylation is 1. The minimum absolute atomic E-state index is 0.260. The average molecular weight is 225 g/mol. The van der Waals surface area contributed by atoms with E-state index in [4.69, 9.17) is 11.6 Å². The molecule has 0 radical (unpaired) electrons. The fourth-order valence-electron chi connectivity index (χ4n) is 1.63. The Morgan fingerprint density at radius 1 is 1.33 bits per heavy atom. The standard InChI is InChI=1S/C13H17ClO/c1-10(2)8-12-5-3-4-11(9-12)6-7-13(14)15/h3-5,9-10H,6-8H2,1-2H3. The van der Waals surface area contributed by atoms with E-state index in [1.807, 2.05) is 12.1 Å². The van der Waals surface area contributed by atoms with Gasteiger partial charge in [-0.05, 0) is 41.5 Å². The molecule has 2 heteroatoms. The summed E-state index contributed by atoms with van der Waals surface area (Å²) in [6, 6.07) is 8.39. The van der Waals surface area contributed by atoms with E-state index in [-0.39, 0.29) is 5.24 Å². The van der Waals surface area contributed by atoms with Gasteiger partial charge in [-0.3, -0.25) is 4.79 Å². The summed E-state index contributed by atoms with van der Waals surface area (Å²) in [6.45, 7) is 4.41. The van der Waals surface area contributed by atoms with E-state index < -0.39 is 0 Å². The number of carbonyl (C=O) groups excluding carboxylic acids is 1. The molecule has 0 aliphatic heterocycles. The Morgan fingerprint density at radius 3 is 2.60 bits per heavy atom. The highest BCUT2D eigenvalue weighted by molar-refractivity contribution is 6.63. The van der Waals surface area contributed by atoms with Gasteiger partial charge in [0.2, 0.25) is 5.24 Å². The van der Waals surface area contributed by atoms with Gasteiger partial charge in [0, 0.05) is 6.42 Å². The Morgan fingerprint density at radius 2 is 2.00 bits per heavy atom. The van der Waals surface area contributed by atoms with Crippen molar-refractivity contribution in [3.05, 3.63) is 35.4 Å². The third kappa shape index (κ3) is 4.98. The first-order chi connectivity index (χ1) is 7.08. The third-order valence-electron chi connectivity index (χ3n) is 2.25. The van der Waals surface area contributed by atoms with Crippen LogP contribution in [0.1, 0.15) is 31.4 Å². The Bertz CT molecular complexity index is 331. The zero-order chi connectivity index (χ0) is 11.3. The fourth-order valence-corrected chi connectivity index (χ4v) is 1.72. The highest BCUT2D eigenvalue weighted by Gasteiger charge is 2.01. The van der Waals surface area contributed by atoms with Crippen molar-refractivity contribution in [2.75, 3.05) is 0 Å². The van der Waals surface area contributed by atoms with Gasteiger partial charge in [-0.1, -0.05) is 38.1 Å². The molecule has 0 aliphatic rings. The van der Waals surface area contributed by atoms with Crippen LogP contribution in [0.15, 0.2) is 24.3 Å². The lowest BCUT2D eigenvalue weighted by molar-refractivity contribution is -0.111. The molecule has 0 N–H and O–H groups in total. The SMILES string of the molecule is CC(C)Cc1cccc(CCC(=O)Cl)c1. The number of hydrogen-bond donors (Lipinski definition) is 0. The van der Waals surface area contributed by atoms with Crippen molar-refractivity contribution in [3.8, 4) is 0 Å². The molecule has 0 bridgehead atoms. The molecule has 0 heterocycles. The molecule has 0 fully saturated rings. The fraction of sp³-hybridized carbons (Fsp3) is 0.462. The summed E-state index contributed by atoms with van der Waals surface area (Å²) in [6.07, 6.45) is 2.25. The Balaban J connectivity index is 2.61. The van der Waals surface area contributed by atoms with Crippen molar-refractivity contribution >= 4 is 16.8 Å². The van der Waals surface area contributed by atoms with Gasteiger partial charge >= 0.3 is 0 Å². The van der Waals surface area contributed by atoms with E-state index in [9.17, 15) is 4.79 Å². The molecular weight excluding hydrogens is 208 g/mol. The van der Waals surface area contributed by atoms with Crippen molar-refractivity contribution in [3.63, 3.8) is 0 Å². The van der Waals surface area contributed by atoms with E-state index in [1.165, 1.54) is 11.1 Å². The quantitative estimate of drug-likeness (QED) is 0.699. The van der Waals surface area contributed by atoms with E-state index in [0.717, 1.165) is 12.8 Å². The zero-order valence-corrected chi connectivity index (χ0v) is 10.1. The van der Waals surface area contributed by atoms with Crippen LogP contribution < -0.4 is 0 Å². The summed E-state index contributed by atoms with van der Waals surface area (Å²) < 4.78 is 0. The molecule has 1 aromatic rings. The molecule has 0 unspecified atom stereocenters. The zero-order valence-electron chi connectivity index (χ0n) is 9.29. The highest BCUT2D eigenvalue weighted by Crippen LogP contribution is 2.12. The minimum Gasteiger partial charge on any atom is -0.281 e. The Hall–Kier alpha value is -0.820. The van der Waals surface area contributed by atoms with Crippen LogP contribution in [0.5, 0.6) is 0 Å². The largest absolute Gasteiger partial charge is 0.281 e. The smallest absolute Gasteiger partial charge is 0.221 e. The predicted octanol–water partition coefficient (Wildman–Crippen LogP) is 3.58. The molecule has 82 valence electrons. The first-order valence-electron chi connectivity index (χ1n) is 5.34. The van der Waals surface area contributed by atoms with Crippen LogP contribution in [0.2, 0.25) is 0 Å². The molecule has 1 rings (SSSR count). The molecule has 0 saturated heterocycles. The molecular formula is C13H17ClO. The van der Waals surface area contributed by atoms with Gasteiger partial charge in [0.05, 0.1) is 0 Å². The molecule has 0 spiro atoms. The van der Waals surface area contributed by atoms with Crippen LogP contribution in [0.4, 0.5) is 0 Å². The van der Waals surface area contributed by atoms with Crippen molar-refractivity contribution in [1.29, 1.82) is 0 Å². The lowest BCUT2D eigenvalue weighted by Crippen LogP contribution is -1.96. The van der Waals surface area contributed by atoms with Gasteiger partial charge in [-0.25, -0.2) is 0 Å². The number of halogens is 1. The van der Waals surface area contributed by atoms with E-state index >= 15 is 0 Å². The maximum atomic E-state index is 10.6. The topological polar surface area (TPSA) is 17.1 Å². The molecule has 0 saturated carbocycles. The molecule has 0 atom stereocenters. The van der Waals surface area contributed by atoms with Crippen LogP contribution in [0.3, 0.4) is 0 Å². The van der Waals surface area contributed by atoms with Gasteiger partial charge in [-0.2, -0.15) is 0 Å². The second kappa shape index (κ2) is 5.92. The van der Waals surface area contributed by atoms with E-state index in [1.54, 1.807) is 0 Å². The van der Waals surface area contributed by atoms with Crippen molar-refractivity contribution in [1.82, 2.24) is 0 Å².